The summed E-state index contributed by atoms with van der Waals surface area (Å²) in [6.07, 6.45) is 3.72. The Bertz CT molecular complexity index is 656. The number of hydrogen-bond donors (Lipinski definition) is 0. The van der Waals surface area contributed by atoms with Crippen LogP contribution in [0, 0.1) is 0 Å². The van der Waals surface area contributed by atoms with Gasteiger partial charge in [0.25, 0.3) is 0 Å². The Balaban J connectivity index is 1.73. The van der Waals surface area contributed by atoms with Crippen LogP contribution in [0.5, 0.6) is 0 Å². The van der Waals surface area contributed by atoms with Gasteiger partial charge in [-0.05, 0) is 37.3 Å². The highest BCUT2D eigenvalue weighted by molar-refractivity contribution is 5.70. The van der Waals surface area contributed by atoms with Crippen LogP contribution >= 0.6 is 0 Å². The standard InChI is InChI=1S/C22H27NO2/c1-2-25-22(24)16-21-14-13-20(15-18-9-5-3-6-10-18)23(21)17-19-11-7-4-8-12-19/h3-12,20-21H,2,13-17H2,1H3/t20-,21+/m1/s1. The fourth-order valence-electron chi connectivity index (χ4n) is 3.80. The van der Waals surface area contributed by atoms with E-state index in [1.165, 1.54) is 11.1 Å². The minimum atomic E-state index is -0.0778. The molecule has 0 spiro atoms. The first-order valence-electron chi connectivity index (χ1n) is 9.25. The topological polar surface area (TPSA) is 29.5 Å². The monoisotopic (exact) mass is 337 g/mol. The van der Waals surface area contributed by atoms with Crippen LogP contribution in [0.2, 0.25) is 0 Å². The van der Waals surface area contributed by atoms with Gasteiger partial charge in [0.05, 0.1) is 13.0 Å². The van der Waals surface area contributed by atoms with Crippen molar-refractivity contribution in [3.8, 4) is 0 Å². The molecule has 132 valence electrons. The maximum atomic E-state index is 12.0. The molecule has 0 radical (unpaired) electrons. The van der Waals surface area contributed by atoms with Gasteiger partial charge in [0, 0.05) is 18.6 Å². The molecule has 1 fully saturated rings. The van der Waals surface area contributed by atoms with E-state index in [4.69, 9.17) is 4.74 Å². The number of likely N-dealkylation sites (tertiary alicyclic amines) is 1. The molecule has 3 rings (SSSR count). The molecular formula is C22H27NO2. The van der Waals surface area contributed by atoms with Gasteiger partial charge in [-0.25, -0.2) is 0 Å². The molecule has 0 bridgehead atoms. The van der Waals surface area contributed by atoms with Gasteiger partial charge in [0.2, 0.25) is 0 Å². The summed E-state index contributed by atoms with van der Waals surface area (Å²) in [5.74, 6) is -0.0778. The van der Waals surface area contributed by atoms with Crippen molar-refractivity contribution in [3.05, 3.63) is 71.8 Å². The van der Waals surface area contributed by atoms with E-state index < -0.39 is 0 Å². The largest absolute Gasteiger partial charge is 0.466 e. The molecule has 1 heterocycles. The second-order valence-electron chi connectivity index (χ2n) is 6.74. The molecular weight excluding hydrogens is 310 g/mol. The normalized spacial score (nSPS) is 20.5. The Hall–Kier alpha value is -2.13. The smallest absolute Gasteiger partial charge is 0.307 e. The summed E-state index contributed by atoms with van der Waals surface area (Å²) >= 11 is 0. The summed E-state index contributed by atoms with van der Waals surface area (Å²) in [5, 5.41) is 0. The predicted octanol–water partition coefficient (Wildman–Crippen LogP) is 4.22. The third-order valence-electron chi connectivity index (χ3n) is 5.00. The first-order valence-corrected chi connectivity index (χ1v) is 9.25. The van der Waals surface area contributed by atoms with E-state index in [1.54, 1.807) is 0 Å². The van der Waals surface area contributed by atoms with Crippen LogP contribution in [0.3, 0.4) is 0 Å². The van der Waals surface area contributed by atoms with Crippen molar-refractivity contribution in [1.29, 1.82) is 0 Å². The lowest BCUT2D eigenvalue weighted by Crippen LogP contribution is -2.38. The fraction of sp³-hybridized carbons (Fsp3) is 0.409. The molecule has 0 unspecified atom stereocenters. The van der Waals surface area contributed by atoms with Crippen molar-refractivity contribution in [1.82, 2.24) is 4.90 Å². The van der Waals surface area contributed by atoms with Crippen LogP contribution in [0.15, 0.2) is 60.7 Å². The molecule has 3 heteroatoms. The number of nitrogens with zero attached hydrogens (tertiary/aromatic N) is 1. The molecule has 2 aromatic rings. The zero-order valence-corrected chi connectivity index (χ0v) is 14.9. The Kier molecular flexibility index (Phi) is 6.24. The molecule has 3 nitrogen and oxygen atoms in total. The number of carbonyl (C=O) groups is 1. The zero-order chi connectivity index (χ0) is 17.5. The lowest BCUT2D eigenvalue weighted by atomic mass is 10.0. The summed E-state index contributed by atoms with van der Waals surface area (Å²) in [4.78, 5) is 14.5. The molecule has 0 aromatic heterocycles. The van der Waals surface area contributed by atoms with Gasteiger partial charge >= 0.3 is 5.97 Å². The summed E-state index contributed by atoms with van der Waals surface area (Å²) in [6.45, 7) is 3.21. The van der Waals surface area contributed by atoms with Gasteiger partial charge in [-0.15, -0.1) is 0 Å². The second-order valence-corrected chi connectivity index (χ2v) is 6.74. The Morgan fingerprint density at radius 2 is 1.56 bits per heavy atom. The van der Waals surface area contributed by atoms with E-state index >= 15 is 0 Å². The average molecular weight is 337 g/mol. The summed E-state index contributed by atoms with van der Waals surface area (Å²) in [5.41, 5.74) is 2.67. The molecule has 2 aromatic carbocycles. The summed E-state index contributed by atoms with van der Waals surface area (Å²) in [6, 6.07) is 21.9. The van der Waals surface area contributed by atoms with Crippen LogP contribution < -0.4 is 0 Å². The Morgan fingerprint density at radius 3 is 2.20 bits per heavy atom. The van der Waals surface area contributed by atoms with E-state index in [9.17, 15) is 4.79 Å². The van der Waals surface area contributed by atoms with Crippen LogP contribution in [-0.4, -0.2) is 29.6 Å². The van der Waals surface area contributed by atoms with Crippen molar-refractivity contribution in [2.24, 2.45) is 0 Å². The van der Waals surface area contributed by atoms with Crippen molar-refractivity contribution in [3.63, 3.8) is 0 Å². The van der Waals surface area contributed by atoms with Crippen LogP contribution in [0.4, 0.5) is 0 Å². The van der Waals surface area contributed by atoms with Gasteiger partial charge < -0.3 is 4.74 Å². The van der Waals surface area contributed by atoms with Gasteiger partial charge in [-0.3, -0.25) is 9.69 Å². The molecule has 0 saturated carbocycles. The Labute approximate surface area is 150 Å². The molecule has 25 heavy (non-hydrogen) atoms. The molecule has 0 aliphatic carbocycles. The highest BCUT2D eigenvalue weighted by atomic mass is 16.5. The van der Waals surface area contributed by atoms with E-state index in [-0.39, 0.29) is 12.0 Å². The SMILES string of the molecule is CCOC(=O)C[C@@H]1CC[C@H](Cc2ccccc2)N1Cc1ccccc1. The number of ether oxygens (including phenoxy) is 1. The van der Waals surface area contributed by atoms with E-state index in [1.807, 2.05) is 13.0 Å². The number of esters is 1. The fourth-order valence-corrected chi connectivity index (χ4v) is 3.80. The lowest BCUT2D eigenvalue weighted by Gasteiger charge is -2.30. The number of hydrogen-bond acceptors (Lipinski definition) is 3. The molecule has 0 N–H and O–H groups in total. The second kappa shape index (κ2) is 8.82. The quantitative estimate of drug-likeness (QED) is 0.709. The Morgan fingerprint density at radius 1 is 0.960 bits per heavy atom. The molecule has 1 saturated heterocycles. The van der Waals surface area contributed by atoms with Gasteiger partial charge in [0.1, 0.15) is 0 Å². The van der Waals surface area contributed by atoms with E-state index in [2.05, 4.69) is 59.5 Å². The van der Waals surface area contributed by atoms with Gasteiger partial charge in [0.15, 0.2) is 0 Å². The van der Waals surface area contributed by atoms with Crippen LogP contribution in [0.1, 0.15) is 37.3 Å². The van der Waals surface area contributed by atoms with Gasteiger partial charge in [-0.2, -0.15) is 0 Å². The van der Waals surface area contributed by atoms with Gasteiger partial charge in [-0.1, -0.05) is 60.7 Å². The van der Waals surface area contributed by atoms with Crippen molar-refractivity contribution >= 4 is 5.97 Å². The zero-order valence-electron chi connectivity index (χ0n) is 14.9. The average Bonchev–Trinajstić information content (AvgIpc) is 2.98. The molecule has 0 amide bonds. The van der Waals surface area contributed by atoms with Crippen molar-refractivity contribution in [2.45, 2.75) is 51.2 Å². The molecule has 1 aliphatic rings. The predicted molar refractivity (Wildman–Crippen MR) is 100 cm³/mol. The van der Waals surface area contributed by atoms with Crippen LogP contribution in [0.25, 0.3) is 0 Å². The summed E-state index contributed by atoms with van der Waals surface area (Å²) < 4.78 is 5.19. The van der Waals surface area contributed by atoms with Crippen molar-refractivity contribution in [2.75, 3.05) is 6.61 Å². The molecule has 2 atom stereocenters. The third kappa shape index (κ3) is 4.93. The summed E-state index contributed by atoms with van der Waals surface area (Å²) in [7, 11) is 0. The number of benzene rings is 2. The number of rotatable bonds is 7. The lowest BCUT2D eigenvalue weighted by molar-refractivity contribution is -0.144. The maximum absolute atomic E-state index is 12.0. The van der Waals surface area contributed by atoms with Crippen LogP contribution in [-0.2, 0) is 22.5 Å². The third-order valence-corrected chi connectivity index (χ3v) is 5.00. The minimum absolute atomic E-state index is 0.0778. The first-order chi connectivity index (χ1) is 12.3. The maximum Gasteiger partial charge on any atom is 0.307 e. The van der Waals surface area contributed by atoms with E-state index in [0.29, 0.717) is 19.1 Å². The highest BCUT2D eigenvalue weighted by Gasteiger charge is 2.34. The van der Waals surface area contributed by atoms with E-state index in [0.717, 1.165) is 25.8 Å². The minimum Gasteiger partial charge on any atom is -0.466 e. The highest BCUT2D eigenvalue weighted by Crippen LogP contribution is 2.30. The van der Waals surface area contributed by atoms with Crippen molar-refractivity contribution < 1.29 is 9.53 Å². The number of carbonyl (C=O) groups excluding carboxylic acids is 1. The molecule has 1 aliphatic heterocycles. The first kappa shape index (κ1) is 17.7.